The minimum atomic E-state index is -1.17. The lowest BCUT2D eigenvalue weighted by Gasteiger charge is -2.36. The van der Waals surface area contributed by atoms with Gasteiger partial charge in [-0.15, -0.1) is 0 Å². The largest absolute Gasteiger partial charge is 0.480 e. The van der Waals surface area contributed by atoms with Crippen LogP contribution < -0.4 is 16.4 Å². The van der Waals surface area contributed by atoms with Gasteiger partial charge in [0.2, 0.25) is 11.8 Å². The molecule has 0 radical (unpaired) electrons. The van der Waals surface area contributed by atoms with Crippen molar-refractivity contribution in [3.63, 3.8) is 0 Å². The minimum absolute atomic E-state index is 0.0162. The van der Waals surface area contributed by atoms with Crippen molar-refractivity contribution in [3.8, 4) is 0 Å². The highest BCUT2D eigenvalue weighted by Gasteiger charge is 2.41. The molecule has 1 unspecified atom stereocenters. The number of aliphatic carboxylic acids is 1. The molecule has 1 aliphatic rings. The maximum absolute atomic E-state index is 12.5. The van der Waals surface area contributed by atoms with Gasteiger partial charge in [-0.25, -0.2) is 4.79 Å². The van der Waals surface area contributed by atoms with Gasteiger partial charge >= 0.3 is 5.97 Å². The number of carbonyl (C=O) groups is 3. The molecule has 21 heavy (non-hydrogen) atoms. The van der Waals surface area contributed by atoms with Crippen LogP contribution in [0, 0.1) is 5.41 Å². The van der Waals surface area contributed by atoms with Crippen molar-refractivity contribution in [2.75, 3.05) is 26.8 Å². The number of nitrogens with one attached hydrogen (secondary N) is 2. The Labute approximate surface area is 123 Å². The Morgan fingerprint density at radius 3 is 2.48 bits per heavy atom. The van der Waals surface area contributed by atoms with Crippen molar-refractivity contribution in [1.82, 2.24) is 10.6 Å². The molecule has 1 saturated heterocycles. The number of piperidine rings is 1. The molecule has 8 nitrogen and oxygen atoms in total. The molecule has 0 aromatic heterocycles. The lowest BCUT2D eigenvalue weighted by Crippen LogP contribution is -2.54. The molecule has 8 heteroatoms. The van der Waals surface area contributed by atoms with E-state index in [1.807, 2.05) is 0 Å². The number of carboxylic acid groups (broad SMARTS) is 1. The van der Waals surface area contributed by atoms with Gasteiger partial charge in [-0.1, -0.05) is 0 Å². The fourth-order valence-electron chi connectivity index (χ4n) is 2.47. The van der Waals surface area contributed by atoms with E-state index in [4.69, 9.17) is 15.6 Å². The van der Waals surface area contributed by atoms with E-state index in [2.05, 4.69) is 10.6 Å². The molecule has 0 aliphatic carbocycles. The summed E-state index contributed by atoms with van der Waals surface area (Å²) in [5.41, 5.74) is 4.29. The molecule has 120 valence electrons. The topological polar surface area (TPSA) is 131 Å². The van der Waals surface area contributed by atoms with Crippen molar-refractivity contribution in [1.29, 1.82) is 0 Å². The van der Waals surface area contributed by atoms with Crippen LogP contribution in [0.15, 0.2) is 0 Å². The highest BCUT2D eigenvalue weighted by Crippen LogP contribution is 2.29. The number of nitrogens with two attached hydrogens (primary N) is 1. The van der Waals surface area contributed by atoms with Gasteiger partial charge in [0.05, 0.1) is 12.0 Å². The highest BCUT2D eigenvalue weighted by atomic mass is 16.5. The van der Waals surface area contributed by atoms with Crippen LogP contribution in [0.3, 0.4) is 0 Å². The third-order valence-corrected chi connectivity index (χ3v) is 3.75. The third-order valence-electron chi connectivity index (χ3n) is 3.75. The zero-order valence-electron chi connectivity index (χ0n) is 12.2. The molecule has 1 atom stereocenters. The molecule has 5 N–H and O–H groups in total. The number of hydrogen-bond acceptors (Lipinski definition) is 5. The first kappa shape index (κ1) is 17.4. The summed E-state index contributed by atoms with van der Waals surface area (Å²) in [4.78, 5) is 34.4. The smallest absolute Gasteiger partial charge is 0.326 e. The monoisotopic (exact) mass is 301 g/mol. The average molecular weight is 301 g/mol. The predicted octanol–water partition coefficient (Wildman–Crippen LogP) is -1.16. The van der Waals surface area contributed by atoms with E-state index < -0.39 is 23.3 Å². The molecule has 1 rings (SSSR count). The van der Waals surface area contributed by atoms with E-state index in [0.29, 0.717) is 25.9 Å². The Morgan fingerprint density at radius 2 is 2.00 bits per heavy atom. The van der Waals surface area contributed by atoms with Gasteiger partial charge in [-0.3, -0.25) is 9.59 Å². The second kappa shape index (κ2) is 7.94. The van der Waals surface area contributed by atoms with Crippen molar-refractivity contribution in [2.45, 2.75) is 31.7 Å². The third kappa shape index (κ3) is 4.98. The number of primary amides is 1. The summed E-state index contributed by atoms with van der Waals surface area (Å²) in [5, 5.41) is 14.8. The van der Waals surface area contributed by atoms with E-state index in [1.165, 1.54) is 7.11 Å². The van der Waals surface area contributed by atoms with Crippen LogP contribution in [0.1, 0.15) is 25.7 Å². The zero-order valence-corrected chi connectivity index (χ0v) is 12.2. The summed E-state index contributed by atoms with van der Waals surface area (Å²) in [6.45, 7) is 1.59. The van der Waals surface area contributed by atoms with Gasteiger partial charge in [-0.05, 0) is 32.4 Å². The normalized spacial score (nSPS) is 18.7. The minimum Gasteiger partial charge on any atom is -0.480 e. The molecule has 2 amide bonds. The SMILES string of the molecule is COCC1(C(=O)NC(CCC(N)=O)C(=O)O)CCNCC1. The van der Waals surface area contributed by atoms with Crippen LogP contribution >= 0.6 is 0 Å². The zero-order chi connectivity index (χ0) is 15.9. The van der Waals surface area contributed by atoms with Gasteiger partial charge in [0.1, 0.15) is 6.04 Å². The Bertz CT molecular complexity index is 388. The van der Waals surface area contributed by atoms with Crippen LogP contribution in [-0.4, -0.2) is 55.7 Å². The van der Waals surface area contributed by atoms with Gasteiger partial charge in [0.15, 0.2) is 0 Å². The fourth-order valence-corrected chi connectivity index (χ4v) is 2.47. The first-order chi connectivity index (χ1) is 9.91. The predicted molar refractivity (Wildman–Crippen MR) is 74.4 cm³/mol. The first-order valence-electron chi connectivity index (χ1n) is 6.93. The van der Waals surface area contributed by atoms with Crippen molar-refractivity contribution in [2.24, 2.45) is 11.1 Å². The summed E-state index contributed by atoms with van der Waals surface area (Å²) in [5.74, 6) is -2.11. The molecular weight excluding hydrogens is 278 g/mol. The molecule has 0 aromatic rings. The number of methoxy groups -OCH3 is 1. The van der Waals surface area contributed by atoms with Gasteiger partial charge in [-0.2, -0.15) is 0 Å². The molecule has 0 saturated carbocycles. The second-order valence-electron chi connectivity index (χ2n) is 5.33. The lowest BCUT2D eigenvalue weighted by molar-refractivity contribution is -0.146. The molecule has 0 aromatic carbocycles. The van der Waals surface area contributed by atoms with E-state index >= 15 is 0 Å². The Morgan fingerprint density at radius 1 is 1.38 bits per heavy atom. The number of hydrogen-bond donors (Lipinski definition) is 4. The molecule has 1 fully saturated rings. The summed E-state index contributed by atoms with van der Waals surface area (Å²) in [7, 11) is 1.51. The maximum Gasteiger partial charge on any atom is 0.326 e. The Kier molecular flexibility index (Phi) is 6.57. The highest BCUT2D eigenvalue weighted by molar-refractivity contribution is 5.88. The van der Waals surface area contributed by atoms with E-state index in [1.54, 1.807) is 0 Å². The summed E-state index contributed by atoms with van der Waals surface area (Å²) >= 11 is 0. The van der Waals surface area contributed by atoms with Crippen LogP contribution in [0.4, 0.5) is 0 Å². The van der Waals surface area contributed by atoms with Crippen molar-refractivity contribution in [3.05, 3.63) is 0 Å². The summed E-state index contributed by atoms with van der Waals surface area (Å²) in [6, 6.07) is -1.12. The average Bonchev–Trinajstić information content (AvgIpc) is 2.43. The van der Waals surface area contributed by atoms with E-state index in [9.17, 15) is 14.4 Å². The number of carbonyl (C=O) groups excluding carboxylic acids is 2. The molecule has 1 heterocycles. The number of amides is 2. The molecule has 1 aliphatic heterocycles. The van der Waals surface area contributed by atoms with Gasteiger partial charge < -0.3 is 26.2 Å². The number of carboxylic acids is 1. The van der Waals surface area contributed by atoms with Gasteiger partial charge in [0, 0.05) is 13.5 Å². The molecule has 0 bridgehead atoms. The summed E-state index contributed by atoms with van der Waals surface area (Å²) < 4.78 is 5.14. The number of rotatable bonds is 8. The first-order valence-corrected chi connectivity index (χ1v) is 6.93. The maximum atomic E-state index is 12.5. The second-order valence-corrected chi connectivity index (χ2v) is 5.33. The molecular formula is C13H23N3O5. The fraction of sp³-hybridized carbons (Fsp3) is 0.769. The van der Waals surface area contributed by atoms with Crippen molar-refractivity contribution >= 4 is 17.8 Å². The number of ether oxygens (including phenoxy) is 1. The van der Waals surface area contributed by atoms with Gasteiger partial charge in [0.25, 0.3) is 0 Å². The summed E-state index contributed by atoms with van der Waals surface area (Å²) in [6.07, 6.45) is 1.05. The van der Waals surface area contributed by atoms with Crippen LogP contribution in [0.2, 0.25) is 0 Å². The Balaban J connectivity index is 2.72. The van der Waals surface area contributed by atoms with E-state index in [-0.39, 0.29) is 25.4 Å². The lowest BCUT2D eigenvalue weighted by atomic mass is 9.78. The molecule has 0 spiro atoms. The Hall–Kier alpha value is -1.67. The van der Waals surface area contributed by atoms with Crippen LogP contribution in [0.25, 0.3) is 0 Å². The standard InChI is InChI=1S/C13H23N3O5/c1-21-8-13(4-6-15-7-5-13)12(20)16-9(11(18)19)2-3-10(14)17/h9,15H,2-8H2,1H3,(H2,14,17)(H,16,20)(H,18,19). The van der Waals surface area contributed by atoms with Crippen LogP contribution in [0.5, 0.6) is 0 Å². The van der Waals surface area contributed by atoms with Crippen LogP contribution in [-0.2, 0) is 19.1 Å². The van der Waals surface area contributed by atoms with Crippen molar-refractivity contribution < 1.29 is 24.2 Å². The van der Waals surface area contributed by atoms with E-state index in [0.717, 1.165) is 0 Å². The quantitative estimate of drug-likeness (QED) is 0.447.